The number of amides is 2. The molecule has 2 aromatic carbocycles. The van der Waals surface area contributed by atoms with E-state index in [0.29, 0.717) is 28.4 Å². The van der Waals surface area contributed by atoms with Crippen molar-refractivity contribution in [1.82, 2.24) is 0 Å². The summed E-state index contributed by atoms with van der Waals surface area (Å²) in [5, 5.41) is 5.28. The quantitative estimate of drug-likeness (QED) is 0.676. The van der Waals surface area contributed by atoms with Crippen molar-refractivity contribution in [3.63, 3.8) is 0 Å². The van der Waals surface area contributed by atoms with Gasteiger partial charge >= 0.3 is 0 Å². The summed E-state index contributed by atoms with van der Waals surface area (Å²) < 4.78 is 15.9. The zero-order valence-electron chi connectivity index (χ0n) is 16.1. The van der Waals surface area contributed by atoms with Crippen molar-refractivity contribution in [2.24, 2.45) is 0 Å². The van der Waals surface area contributed by atoms with E-state index in [0.717, 1.165) is 0 Å². The van der Waals surface area contributed by atoms with Crippen LogP contribution in [0.2, 0.25) is 0 Å². The fraction of sp³-hybridized carbons (Fsp3) is 0.250. The fourth-order valence-corrected chi connectivity index (χ4v) is 2.39. The van der Waals surface area contributed by atoms with Crippen LogP contribution in [0, 0.1) is 0 Å². The Labute approximate surface area is 162 Å². The number of methoxy groups -OCH3 is 2. The van der Waals surface area contributed by atoms with Crippen LogP contribution in [-0.4, -0.2) is 38.4 Å². The van der Waals surface area contributed by atoms with E-state index in [1.54, 1.807) is 30.3 Å². The highest BCUT2D eigenvalue weighted by molar-refractivity contribution is 5.97. The summed E-state index contributed by atoms with van der Waals surface area (Å²) in [5.41, 5.74) is 1.19. The lowest BCUT2D eigenvalue weighted by molar-refractivity contribution is -0.118. The van der Waals surface area contributed by atoms with E-state index in [1.807, 2.05) is 0 Å². The normalized spacial score (nSPS) is 10.0. The number of carbonyl (C=O) groups is 3. The molecule has 2 rings (SSSR count). The third kappa shape index (κ3) is 5.47. The first kappa shape index (κ1) is 20.8. The zero-order chi connectivity index (χ0) is 20.7. The van der Waals surface area contributed by atoms with E-state index < -0.39 is 5.91 Å². The van der Waals surface area contributed by atoms with Crippen molar-refractivity contribution in [3.05, 3.63) is 42.0 Å². The number of hydrogen-bond acceptors (Lipinski definition) is 6. The molecule has 28 heavy (non-hydrogen) atoms. The topological polar surface area (TPSA) is 103 Å². The first-order valence-corrected chi connectivity index (χ1v) is 8.41. The number of hydrogen-bond donors (Lipinski definition) is 2. The summed E-state index contributed by atoms with van der Waals surface area (Å²) in [6.45, 7) is 2.43. The van der Waals surface area contributed by atoms with Gasteiger partial charge in [0.2, 0.25) is 5.91 Å². The monoisotopic (exact) mass is 386 g/mol. The number of Topliss-reactive ketones (excluding diaryl/α,β-unsaturated/α-hetero) is 1. The summed E-state index contributed by atoms with van der Waals surface area (Å²) in [4.78, 5) is 35.3. The Hall–Kier alpha value is -3.55. The maximum atomic E-state index is 12.3. The minimum Gasteiger partial charge on any atom is -0.497 e. The van der Waals surface area contributed by atoms with Crippen LogP contribution in [0.4, 0.5) is 11.4 Å². The van der Waals surface area contributed by atoms with Gasteiger partial charge in [-0.25, -0.2) is 0 Å². The number of nitrogens with one attached hydrogen (secondary N) is 2. The molecule has 0 heterocycles. The maximum absolute atomic E-state index is 12.3. The number of anilines is 2. The molecule has 0 fully saturated rings. The lowest BCUT2D eigenvalue weighted by atomic mass is 10.1. The molecule has 2 amide bonds. The molecule has 8 heteroatoms. The summed E-state index contributed by atoms with van der Waals surface area (Å²) in [7, 11) is 3.00. The average molecular weight is 386 g/mol. The van der Waals surface area contributed by atoms with Crippen LogP contribution in [0.1, 0.15) is 24.2 Å². The van der Waals surface area contributed by atoms with E-state index in [2.05, 4.69) is 10.6 Å². The van der Waals surface area contributed by atoms with Crippen LogP contribution in [-0.2, 0) is 9.59 Å². The van der Waals surface area contributed by atoms with Crippen molar-refractivity contribution in [2.45, 2.75) is 13.8 Å². The first-order chi connectivity index (χ1) is 13.3. The molecule has 0 saturated carbocycles. The van der Waals surface area contributed by atoms with Crippen LogP contribution in [0.25, 0.3) is 0 Å². The number of ether oxygens (including phenoxy) is 3. The Morgan fingerprint density at radius 1 is 0.857 bits per heavy atom. The molecular weight excluding hydrogens is 364 g/mol. The van der Waals surface area contributed by atoms with Gasteiger partial charge in [-0.05, 0) is 37.3 Å². The van der Waals surface area contributed by atoms with Crippen LogP contribution >= 0.6 is 0 Å². The molecule has 0 aliphatic carbocycles. The molecule has 0 aromatic heterocycles. The SMILES string of the molecule is COc1ccc(OC)c(NC(=O)COc2cc(C(C)=O)ccc2NC(C)=O)c1. The smallest absolute Gasteiger partial charge is 0.262 e. The van der Waals surface area contributed by atoms with Gasteiger partial charge in [0.05, 0.1) is 25.6 Å². The summed E-state index contributed by atoms with van der Waals surface area (Å²) in [6.07, 6.45) is 0. The molecule has 0 bridgehead atoms. The van der Waals surface area contributed by atoms with E-state index in [1.165, 1.54) is 34.1 Å². The molecule has 2 aromatic rings. The predicted octanol–water partition coefficient (Wildman–Crippen LogP) is 2.88. The second-order valence-corrected chi connectivity index (χ2v) is 5.85. The van der Waals surface area contributed by atoms with Gasteiger partial charge in [0.15, 0.2) is 12.4 Å². The van der Waals surface area contributed by atoms with Crippen LogP contribution in [0.15, 0.2) is 36.4 Å². The van der Waals surface area contributed by atoms with Crippen LogP contribution < -0.4 is 24.8 Å². The minimum absolute atomic E-state index is 0.162. The molecular formula is C20H22N2O6. The molecule has 148 valence electrons. The van der Waals surface area contributed by atoms with Crippen molar-refractivity contribution in [1.29, 1.82) is 0 Å². The Bertz CT molecular complexity index is 894. The van der Waals surface area contributed by atoms with Crippen molar-refractivity contribution >= 4 is 29.0 Å². The predicted molar refractivity (Wildman–Crippen MR) is 104 cm³/mol. The highest BCUT2D eigenvalue weighted by Crippen LogP contribution is 2.29. The number of carbonyl (C=O) groups excluding carboxylic acids is 3. The highest BCUT2D eigenvalue weighted by atomic mass is 16.5. The number of benzene rings is 2. The Morgan fingerprint density at radius 3 is 2.21 bits per heavy atom. The standard InChI is InChI=1S/C20H22N2O6/c1-12(23)14-5-7-16(21-13(2)24)19(9-14)28-11-20(25)22-17-10-15(26-3)6-8-18(17)27-4/h5-10H,11H2,1-4H3,(H,21,24)(H,22,25). The lowest BCUT2D eigenvalue weighted by Gasteiger charge is -2.14. The molecule has 2 N–H and O–H groups in total. The summed E-state index contributed by atoms with van der Waals surface area (Å²) >= 11 is 0. The average Bonchev–Trinajstić information content (AvgIpc) is 2.66. The number of rotatable bonds is 8. The van der Waals surface area contributed by atoms with Gasteiger partial charge in [-0.15, -0.1) is 0 Å². The van der Waals surface area contributed by atoms with Crippen LogP contribution in [0.3, 0.4) is 0 Å². The fourth-order valence-electron chi connectivity index (χ4n) is 2.39. The van der Waals surface area contributed by atoms with E-state index in [4.69, 9.17) is 14.2 Å². The van der Waals surface area contributed by atoms with Crippen molar-refractivity contribution in [2.75, 3.05) is 31.5 Å². The second kappa shape index (κ2) is 9.40. The first-order valence-electron chi connectivity index (χ1n) is 8.41. The third-order valence-electron chi connectivity index (χ3n) is 3.74. The van der Waals surface area contributed by atoms with Gasteiger partial charge in [-0.1, -0.05) is 0 Å². The molecule has 8 nitrogen and oxygen atoms in total. The second-order valence-electron chi connectivity index (χ2n) is 5.85. The van der Waals surface area contributed by atoms with Gasteiger partial charge in [0.1, 0.15) is 17.2 Å². The maximum Gasteiger partial charge on any atom is 0.262 e. The molecule has 0 saturated heterocycles. The zero-order valence-corrected chi connectivity index (χ0v) is 16.1. The van der Waals surface area contributed by atoms with Gasteiger partial charge in [0.25, 0.3) is 5.91 Å². The number of ketones is 1. The van der Waals surface area contributed by atoms with Gasteiger partial charge in [0, 0.05) is 18.6 Å². The van der Waals surface area contributed by atoms with Gasteiger partial charge in [-0.2, -0.15) is 0 Å². The van der Waals surface area contributed by atoms with E-state index in [-0.39, 0.29) is 24.0 Å². The molecule has 0 atom stereocenters. The lowest BCUT2D eigenvalue weighted by Crippen LogP contribution is -2.21. The van der Waals surface area contributed by atoms with Gasteiger partial charge < -0.3 is 24.8 Å². The summed E-state index contributed by atoms with van der Waals surface area (Å²) in [6, 6.07) is 9.60. The molecule has 0 spiro atoms. The molecule has 0 aliphatic rings. The minimum atomic E-state index is -0.450. The van der Waals surface area contributed by atoms with Crippen LogP contribution in [0.5, 0.6) is 17.2 Å². The van der Waals surface area contributed by atoms with Crippen molar-refractivity contribution in [3.8, 4) is 17.2 Å². The van der Waals surface area contributed by atoms with Crippen molar-refractivity contribution < 1.29 is 28.6 Å². The largest absolute Gasteiger partial charge is 0.497 e. The Balaban J connectivity index is 2.14. The van der Waals surface area contributed by atoms with E-state index >= 15 is 0 Å². The Morgan fingerprint density at radius 2 is 1.61 bits per heavy atom. The molecule has 0 unspecified atom stereocenters. The van der Waals surface area contributed by atoms with E-state index in [9.17, 15) is 14.4 Å². The molecule has 0 radical (unpaired) electrons. The summed E-state index contributed by atoms with van der Waals surface area (Å²) in [5.74, 6) is 0.325. The molecule has 0 aliphatic heterocycles. The van der Waals surface area contributed by atoms with Gasteiger partial charge in [-0.3, -0.25) is 14.4 Å². The third-order valence-corrected chi connectivity index (χ3v) is 3.74. The Kier molecular flexibility index (Phi) is 6.97. The highest BCUT2D eigenvalue weighted by Gasteiger charge is 2.13.